The van der Waals surface area contributed by atoms with Crippen LogP contribution < -0.4 is 5.32 Å². The van der Waals surface area contributed by atoms with Crippen molar-refractivity contribution < 1.29 is 24.2 Å². The van der Waals surface area contributed by atoms with Gasteiger partial charge in [-0.2, -0.15) is 0 Å². The van der Waals surface area contributed by atoms with E-state index in [0.29, 0.717) is 31.9 Å². The molecule has 0 bridgehead atoms. The highest BCUT2D eigenvalue weighted by atomic mass is 16.5. The molecule has 6 aromatic rings. The smallest absolute Gasteiger partial charge is 0.405 e. The quantitative estimate of drug-likeness (QED) is 0.0907. The fraction of sp³-hybridized carbons (Fsp3) is 0.354. The number of aromatic nitrogens is 4. The Balaban J connectivity index is 0.963. The number of hydrogen-bond acceptors (Lipinski definition) is 7. The van der Waals surface area contributed by atoms with Gasteiger partial charge in [-0.25, -0.2) is 14.8 Å². The number of H-pyrrole nitrogens is 2. The zero-order valence-electron chi connectivity index (χ0n) is 35.3. The Labute approximate surface area is 356 Å². The molecule has 0 aliphatic carbocycles. The van der Waals surface area contributed by atoms with E-state index >= 15 is 0 Å². The van der Waals surface area contributed by atoms with Crippen LogP contribution in [0.25, 0.3) is 44.4 Å². The van der Waals surface area contributed by atoms with Crippen LogP contribution in [0.5, 0.6) is 0 Å². The van der Waals surface area contributed by atoms with Crippen molar-refractivity contribution in [3.8, 4) is 33.6 Å². The Hall–Kier alpha value is -6.31. The summed E-state index contributed by atoms with van der Waals surface area (Å²) in [5.41, 5.74) is 6.86. The predicted octanol–water partition coefficient (Wildman–Crippen LogP) is 8.22. The summed E-state index contributed by atoms with van der Waals surface area (Å²) >= 11 is 0. The number of nitrogens with one attached hydrogen (secondary N) is 3. The Morgan fingerprint density at radius 3 is 2.05 bits per heavy atom. The van der Waals surface area contributed by atoms with Crippen LogP contribution in [0.4, 0.5) is 4.79 Å². The minimum absolute atomic E-state index is 0.0307. The Bertz CT molecular complexity index is 2500. The molecule has 0 saturated carbocycles. The summed E-state index contributed by atoms with van der Waals surface area (Å²) in [6, 6.07) is 29.4. The summed E-state index contributed by atoms with van der Waals surface area (Å²) in [6.07, 6.45) is 4.62. The lowest BCUT2D eigenvalue weighted by Gasteiger charge is -2.31. The van der Waals surface area contributed by atoms with Crippen molar-refractivity contribution in [3.05, 3.63) is 121 Å². The molecule has 8 rings (SSSR count). The van der Waals surface area contributed by atoms with Crippen LogP contribution in [0.15, 0.2) is 103 Å². The van der Waals surface area contributed by atoms with Crippen molar-refractivity contribution in [2.24, 2.45) is 5.92 Å². The molecule has 13 nitrogen and oxygen atoms in total. The summed E-state index contributed by atoms with van der Waals surface area (Å²) in [4.78, 5) is 61.2. The van der Waals surface area contributed by atoms with E-state index in [1.165, 1.54) is 0 Å². The number of likely N-dealkylation sites (tertiary alicyclic amines) is 2. The van der Waals surface area contributed by atoms with E-state index in [4.69, 9.17) is 9.72 Å². The second-order valence-corrected chi connectivity index (χ2v) is 16.7. The van der Waals surface area contributed by atoms with E-state index in [1.807, 2.05) is 81.2 Å². The number of hydrogen-bond donors (Lipinski definition) is 4. The molecule has 2 aliphatic heterocycles. The number of likely N-dealkylation sites (N-methyl/N-ethyl adjacent to an activating group) is 1. The monoisotopic (exact) mass is 822 g/mol. The van der Waals surface area contributed by atoms with Gasteiger partial charge < -0.3 is 34.9 Å². The fourth-order valence-electron chi connectivity index (χ4n) is 8.99. The average Bonchev–Trinajstić information content (AvgIpc) is 4.10. The van der Waals surface area contributed by atoms with Crippen LogP contribution in [-0.4, -0.2) is 104 Å². The molecule has 0 spiro atoms. The van der Waals surface area contributed by atoms with Crippen LogP contribution in [0.2, 0.25) is 0 Å². The van der Waals surface area contributed by atoms with Gasteiger partial charge >= 0.3 is 6.09 Å². The van der Waals surface area contributed by atoms with Crippen LogP contribution >= 0.6 is 0 Å². The number of imidazole rings is 2. The molecule has 2 fully saturated rings. The molecular weight excluding hydrogens is 769 g/mol. The van der Waals surface area contributed by atoms with E-state index < -0.39 is 18.2 Å². The number of amides is 3. The number of aromatic amines is 2. The Morgan fingerprint density at radius 1 is 0.803 bits per heavy atom. The SMILES string of the molecule is CCOC1CC(c2ncc(-c3ccc(-c4ccc5cc(-c6cnc(C7CCCN7C(=O)C(NC(=O)O)C(C)C)[nH]6)ccc5c4)cc3)[nH]2)N(C(=O)C(c2ccccc2)N(C)C)C1. The van der Waals surface area contributed by atoms with Gasteiger partial charge in [0.25, 0.3) is 0 Å². The van der Waals surface area contributed by atoms with Crippen molar-refractivity contribution in [2.75, 3.05) is 33.8 Å². The zero-order chi connectivity index (χ0) is 42.8. The first-order chi connectivity index (χ1) is 29.5. The van der Waals surface area contributed by atoms with Gasteiger partial charge in [0.2, 0.25) is 11.8 Å². The molecule has 3 amide bonds. The van der Waals surface area contributed by atoms with Crippen LogP contribution in [0.1, 0.15) is 75.4 Å². The number of rotatable bonds is 13. The van der Waals surface area contributed by atoms with Gasteiger partial charge in [0.05, 0.1) is 42.0 Å². The minimum Gasteiger partial charge on any atom is -0.465 e. The van der Waals surface area contributed by atoms with Gasteiger partial charge in [-0.3, -0.25) is 14.5 Å². The minimum atomic E-state index is -1.21. The highest BCUT2D eigenvalue weighted by Gasteiger charge is 2.42. The van der Waals surface area contributed by atoms with E-state index in [1.54, 1.807) is 11.1 Å². The first kappa shape index (κ1) is 41.4. The summed E-state index contributed by atoms with van der Waals surface area (Å²) in [5.74, 6) is 1.08. The third kappa shape index (κ3) is 8.66. The number of ether oxygens (including phenoxy) is 1. The number of carbonyl (C=O) groups is 3. The van der Waals surface area contributed by atoms with Crippen molar-refractivity contribution in [1.82, 2.24) is 40.0 Å². The van der Waals surface area contributed by atoms with Gasteiger partial charge in [-0.05, 0) is 84.9 Å². The van der Waals surface area contributed by atoms with Gasteiger partial charge in [-0.1, -0.05) is 92.7 Å². The summed E-state index contributed by atoms with van der Waals surface area (Å²) in [5, 5.41) is 13.9. The standard InChI is InChI=1S/C48H54N8O5/c1-6-61-37-25-41(56(28-37)47(58)43(54(4)5)32-11-8-7-9-12-32)45-50-26-38(51-45)31-16-14-30(15-17-31)33-18-19-35-24-36(21-20-34(35)23-33)39-27-49-44(52-39)40-13-10-22-55(40)46(57)42(29(2)3)53-48(59)60/h7-9,11-12,14-21,23-24,26-27,29,37,40-43,53H,6,10,13,22,25,28H2,1-5H3,(H,49,52)(H,50,51)(H,59,60). The Morgan fingerprint density at radius 2 is 1.41 bits per heavy atom. The largest absolute Gasteiger partial charge is 0.465 e. The number of carbonyl (C=O) groups excluding carboxylic acids is 2. The highest BCUT2D eigenvalue weighted by molar-refractivity contribution is 5.91. The second kappa shape index (κ2) is 17.7. The van der Waals surface area contributed by atoms with Crippen molar-refractivity contribution >= 4 is 28.7 Å². The lowest BCUT2D eigenvalue weighted by Crippen LogP contribution is -2.50. The summed E-state index contributed by atoms with van der Waals surface area (Å²) in [7, 11) is 3.88. The van der Waals surface area contributed by atoms with Gasteiger partial charge in [-0.15, -0.1) is 0 Å². The molecule has 4 aromatic carbocycles. The fourth-order valence-corrected chi connectivity index (χ4v) is 8.99. The van der Waals surface area contributed by atoms with Crippen molar-refractivity contribution in [3.63, 3.8) is 0 Å². The van der Waals surface area contributed by atoms with E-state index in [2.05, 4.69) is 80.9 Å². The maximum absolute atomic E-state index is 14.2. The van der Waals surface area contributed by atoms with Crippen molar-refractivity contribution in [1.29, 1.82) is 0 Å². The molecule has 0 radical (unpaired) electrons. The zero-order valence-corrected chi connectivity index (χ0v) is 35.3. The number of carboxylic acid groups (broad SMARTS) is 1. The van der Waals surface area contributed by atoms with E-state index in [0.717, 1.165) is 68.6 Å². The number of fused-ring (bicyclic) bond motifs is 1. The van der Waals surface area contributed by atoms with Gasteiger partial charge in [0.1, 0.15) is 23.7 Å². The first-order valence-electron chi connectivity index (χ1n) is 21.2. The van der Waals surface area contributed by atoms with Crippen LogP contribution in [0, 0.1) is 5.92 Å². The maximum Gasteiger partial charge on any atom is 0.405 e. The lowest BCUT2D eigenvalue weighted by molar-refractivity contribution is -0.138. The maximum atomic E-state index is 14.2. The molecule has 61 heavy (non-hydrogen) atoms. The highest BCUT2D eigenvalue weighted by Crippen LogP contribution is 2.38. The molecule has 2 aromatic heterocycles. The van der Waals surface area contributed by atoms with Crippen molar-refractivity contribution in [2.45, 2.75) is 70.3 Å². The molecule has 5 unspecified atom stereocenters. The molecule has 2 saturated heterocycles. The number of benzene rings is 4. The predicted molar refractivity (Wildman–Crippen MR) is 235 cm³/mol. The van der Waals surface area contributed by atoms with E-state index in [-0.39, 0.29) is 35.9 Å². The summed E-state index contributed by atoms with van der Waals surface area (Å²) < 4.78 is 6.05. The lowest BCUT2D eigenvalue weighted by atomic mass is 9.98. The molecule has 4 N–H and O–H groups in total. The molecule has 316 valence electrons. The Kier molecular flexibility index (Phi) is 12.0. The van der Waals surface area contributed by atoms with E-state index in [9.17, 15) is 19.5 Å². The molecule has 5 atom stereocenters. The average molecular weight is 823 g/mol. The summed E-state index contributed by atoms with van der Waals surface area (Å²) in [6.45, 7) is 7.31. The first-order valence-corrected chi connectivity index (χ1v) is 21.2. The third-order valence-electron chi connectivity index (χ3n) is 12.1. The molecule has 13 heteroatoms. The topological polar surface area (TPSA) is 160 Å². The van der Waals surface area contributed by atoms with Crippen LogP contribution in [-0.2, 0) is 14.3 Å². The third-order valence-corrected chi connectivity index (χ3v) is 12.1. The number of nitrogens with zero attached hydrogens (tertiary/aromatic N) is 5. The second-order valence-electron chi connectivity index (χ2n) is 16.7. The molecule has 4 heterocycles. The van der Waals surface area contributed by atoms with Crippen LogP contribution in [0.3, 0.4) is 0 Å². The normalized spacial score (nSPS) is 18.9. The molecular formula is C48H54N8O5. The molecule has 2 aliphatic rings. The van der Waals surface area contributed by atoms with Gasteiger partial charge in [0.15, 0.2) is 0 Å². The van der Waals surface area contributed by atoms with Gasteiger partial charge in [0, 0.05) is 31.7 Å².